The molecule has 1 heterocycles. The van der Waals surface area contributed by atoms with Gasteiger partial charge in [0.2, 0.25) is 0 Å². The first-order chi connectivity index (χ1) is 14.8. The maximum Gasteiger partial charge on any atom is 0.282 e. The molecule has 4 nitrogen and oxygen atoms in total. The number of imide groups is 1. The molecule has 0 saturated carbocycles. The number of aryl methyl sites for hydroxylation is 5. The highest BCUT2D eigenvalue weighted by atomic mass is 16.2. The first kappa shape index (κ1) is 20.6. The Labute approximate surface area is 183 Å². The summed E-state index contributed by atoms with van der Waals surface area (Å²) >= 11 is 0. The van der Waals surface area contributed by atoms with Crippen LogP contribution in [-0.4, -0.2) is 11.8 Å². The normalized spacial score (nSPS) is 13.9. The van der Waals surface area contributed by atoms with Gasteiger partial charge in [-0.15, -0.1) is 0 Å². The van der Waals surface area contributed by atoms with Crippen LogP contribution in [-0.2, 0) is 9.59 Å². The highest BCUT2D eigenvalue weighted by Gasteiger charge is 2.41. The number of rotatable bonds is 4. The van der Waals surface area contributed by atoms with E-state index < -0.39 is 0 Å². The van der Waals surface area contributed by atoms with Gasteiger partial charge in [0.25, 0.3) is 11.8 Å². The second-order valence-corrected chi connectivity index (χ2v) is 8.30. The van der Waals surface area contributed by atoms with Gasteiger partial charge in [-0.25, -0.2) is 4.90 Å². The number of hydrogen-bond acceptors (Lipinski definition) is 3. The lowest BCUT2D eigenvalue weighted by Crippen LogP contribution is -2.33. The molecule has 0 atom stereocenters. The Hall–Kier alpha value is -3.66. The van der Waals surface area contributed by atoms with Gasteiger partial charge in [0.15, 0.2) is 0 Å². The van der Waals surface area contributed by atoms with Crippen LogP contribution in [0.5, 0.6) is 0 Å². The highest BCUT2D eigenvalue weighted by molar-refractivity contribution is 6.46. The zero-order valence-electron chi connectivity index (χ0n) is 18.5. The van der Waals surface area contributed by atoms with Crippen LogP contribution in [0.1, 0.15) is 33.4 Å². The molecule has 4 rings (SSSR count). The fourth-order valence-electron chi connectivity index (χ4n) is 4.05. The third-order valence-electron chi connectivity index (χ3n) is 5.65. The van der Waals surface area contributed by atoms with Crippen molar-refractivity contribution in [1.82, 2.24) is 0 Å². The lowest BCUT2D eigenvalue weighted by Gasteiger charge is -2.18. The first-order valence-electron chi connectivity index (χ1n) is 10.4. The molecule has 0 unspecified atom stereocenters. The van der Waals surface area contributed by atoms with Crippen LogP contribution in [0.4, 0.5) is 11.4 Å². The summed E-state index contributed by atoms with van der Waals surface area (Å²) in [5.74, 6) is -0.647. The van der Waals surface area contributed by atoms with Crippen LogP contribution in [0.2, 0.25) is 0 Å². The van der Waals surface area contributed by atoms with E-state index >= 15 is 0 Å². The summed E-state index contributed by atoms with van der Waals surface area (Å²) in [6, 6.07) is 19.5. The second-order valence-electron chi connectivity index (χ2n) is 8.30. The lowest BCUT2D eigenvalue weighted by molar-refractivity contribution is -0.120. The van der Waals surface area contributed by atoms with Gasteiger partial charge in [-0.1, -0.05) is 59.2 Å². The molecule has 0 aliphatic carbocycles. The van der Waals surface area contributed by atoms with Crippen molar-refractivity contribution in [1.29, 1.82) is 0 Å². The first-order valence-corrected chi connectivity index (χ1v) is 10.4. The van der Waals surface area contributed by atoms with E-state index in [1.165, 1.54) is 4.90 Å². The zero-order chi connectivity index (χ0) is 22.3. The van der Waals surface area contributed by atoms with E-state index in [2.05, 4.69) is 5.32 Å². The molecule has 0 radical (unpaired) electrons. The highest BCUT2D eigenvalue weighted by Crippen LogP contribution is 2.36. The van der Waals surface area contributed by atoms with Gasteiger partial charge < -0.3 is 5.32 Å². The summed E-state index contributed by atoms with van der Waals surface area (Å²) in [6.45, 7) is 9.91. The number of benzene rings is 3. The molecule has 156 valence electrons. The molecule has 1 aliphatic heterocycles. The lowest BCUT2D eigenvalue weighted by atomic mass is 9.97. The summed E-state index contributed by atoms with van der Waals surface area (Å²) in [5, 5.41) is 3.24. The molecule has 1 N–H and O–H groups in total. The largest absolute Gasteiger partial charge is 0.350 e. The van der Waals surface area contributed by atoms with Gasteiger partial charge in [-0.05, 0) is 69.5 Å². The molecular formula is C27H26N2O2. The van der Waals surface area contributed by atoms with Crippen molar-refractivity contribution in [2.75, 3.05) is 10.2 Å². The Morgan fingerprint density at radius 2 is 1.23 bits per heavy atom. The van der Waals surface area contributed by atoms with E-state index in [1.807, 2.05) is 95.3 Å². The quantitative estimate of drug-likeness (QED) is 0.568. The van der Waals surface area contributed by atoms with Crippen molar-refractivity contribution >= 4 is 28.8 Å². The average molecular weight is 411 g/mol. The molecule has 3 aromatic carbocycles. The molecule has 0 saturated heterocycles. The number of anilines is 2. The van der Waals surface area contributed by atoms with E-state index in [9.17, 15) is 9.59 Å². The van der Waals surface area contributed by atoms with E-state index in [-0.39, 0.29) is 11.8 Å². The molecular weight excluding hydrogens is 384 g/mol. The molecule has 1 aliphatic rings. The molecule has 2 amide bonds. The standard InChI is InChI=1S/C27H26N2O2/c1-16-6-10-21(11-7-16)28-25-24(22-12-8-17(2)14-19(22)4)26(30)29(27(25)31)23-13-9-18(3)15-20(23)5/h6-15,28H,1-5H3. The van der Waals surface area contributed by atoms with Crippen molar-refractivity contribution in [2.24, 2.45) is 0 Å². The van der Waals surface area contributed by atoms with Crippen molar-refractivity contribution in [3.05, 3.63) is 99.7 Å². The van der Waals surface area contributed by atoms with E-state index in [0.29, 0.717) is 17.0 Å². The Morgan fingerprint density at radius 3 is 1.84 bits per heavy atom. The molecule has 3 aromatic rings. The van der Waals surface area contributed by atoms with Crippen LogP contribution in [0, 0.1) is 34.6 Å². The van der Waals surface area contributed by atoms with Crippen LogP contribution < -0.4 is 10.2 Å². The Bertz CT molecular complexity index is 1240. The monoisotopic (exact) mass is 410 g/mol. The fraction of sp³-hybridized carbons (Fsp3) is 0.185. The SMILES string of the molecule is Cc1ccc(NC2=C(c3ccc(C)cc3C)C(=O)N(c3ccc(C)cc3C)C2=O)cc1. The van der Waals surface area contributed by atoms with Gasteiger partial charge in [0, 0.05) is 5.69 Å². The minimum atomic E-state index is -0.340. The van der Waals surface area contributed by atoms with E-state index in [1.54, 1.807) is 0 Å². The van der Waals surface area contributed by atoms with Gasteiger partial charge >= 0.3 is 0 Å². The van der Waals surface area contributed by atoms with Gasteiger partial charge in [-0.3, -0.25) is 9.59 Å². The Morgan fingerprint density at radius 1 is 0.645 bits per heavy atom. The van der Waals surface area contributed by atoms with Crippen LogP contribution in [0.25, 0.3) is 5.57 Å². The van der Waals surface area contributed by atoms with Crippen molar-refractivity contribution < 1.29 is 9.59 Å². The molecule has 31 heavy (non-hydrogen) atoms. The third kappa shape index (κ3) is 3.77. The number of nitrogens with zero attached hydrogens (tertiary/aromatic N) is 1. The molecule has 0 aromatic heterocycles. The maximum absolute atomic E-state index is 13.7. The smallest absolute Gasteiger partial charge is 0.282 e. The van der Waals surface area contributed by atoms with E-state index in [0.717, 1.165) is 39.1 Å². The van der Waals surface area contributed by atoms with Crippen LogP contribution >= 0.6 is 0 Å². The molecule has 4 heteroatoms. The van der Waals surface area contributed by atoms with Crippen LogP contribution in [0.15, 0.2) is 66.4 Å². The summed E-state index contributed by atoms with van der Waals surface area (Å²) < 4.78 is 0. The third-order valence-corrected chi connectivity index (χ3v) is 5.65. The minimum absolute atomic E-state index is 0.306. The zero-order valence-corrected chi connectivity index (χ0v) is 18.5. The summed E-state index contributed by atoms with van der Waals surface area (Å²) in [6.07, 6.45) is 0. The van der Waals surface area contributed by atoms with Gasteiger partial charge in [0.1, 0.15) is 5.70 Å². The predicted octanol–water partition coefficient (Wildman–Crippen LogP) is 5.63. The molecule has 0 fully saturated rings. The van der Waals surface area contributed by atoms with Crippen molar-refractivity contribution in [3.63, 3.8) is 0 Å². The number of carbonyl (C=O) groups excluding carboxylic acids is 2. The van der Waals surface area contributed by atoms with Crippen molar-refractivity contribution in [2.45, 2.75) is 34.6 Å². The minimum Gasteiger partial charge on any atom is -0.350 e. The van der Waals surface area contributed by atoms with Gasteiger partial charge in [0.05, 0.1) is 11.3 Å². The Kier molecular flexibility index (Phi) is 5.24. The van der Waals surface area contributed by atoms with Gasteiger partial charge in [-0.2, -0.15) is 0 Å². The van der Waals surface area contributed by atoms with E-state index in [4.69, 9.17) is 0 Å². The summed E-state index contributed by atoms with van der Waals surface area (Å²) in [4.78, 5) is 28.5. The van der Waals surface area contributed by atoms with Crippen molar-refractivity contribution in [3.8, 4) is 0 Å². The number of nitrogens with one attached hydrogen (secondary N) is 1. The number of amides is 2. The molecule has 0 bridgehead atoms. The summed E-state index contributed by atoms with van der Waals surface area (Å²) in [5.41, 5.74) is 8.03. The maximum atomic E-state index is 13.7. The summed E-state index contributed by atoms with van der Waals surface area (Å²) in [7, 11) is 0. The van der Waals surface area contributed by atoms with Crippen LogP contribution in [0.3, 0.4) is 0 Å². The number of hydrogen-bond donors (Lipinski definition) is 1. The topological polar surface area (TPSA) is 49.4 Å². The number of carbonyl (C=O) groups is 2. The average Bonchev–Trinajstić information content (AvgIpc) is 2.94. The predicted molar refractivity (Wildman–Crippen MR) is 126 cm³/mol. The fourth-order valence-corrected chi connectivity index (χ4v) is 4.05. The molecule has 0 spiro atoms. The second kappa shape index (κ2) is 7.88. The Balaban J connectivity index is 1.87.